The van der Waals surface area contributed by atoms with E-state index >= 15 is 0 Å². The molecule has 0 amide bonds. The first-order chi connectivity index (χ1) is 7.19. The molecule has 1 unspecified atom stereocenters. The number of hydrogen-bond donors (Lipinski definition) is 1. The summed E-state index contributed by atoms with van der Waals surface area (Å²) in [5.41, 5.74) is 8.33. The fourth-order valence-corrected chi connectivity index (χ4v) is 1.77. The maximum absolute atomic E-state index is 5.66. The van der Waals surface area contributed by atoms with Crippen molar-refractivity contribution in [1.29, 1.82) is 0 Å². The second kappa shape index (κ2) is 5.76. The highest BCUT2D eigenvalue weighted by Gasteiger charge is 2.09. The summed E-state index contributed by atoms with van der Waals surface area (Å²) in [5, 5.41) is 0. The highest BCUT2D eigenvalue weighted by Crippen LogP contribution is 2.19. The van der Waals surface area contributed by atoms with Crippen molar-refractivity contribution >= 4 is 5.69 Å². The third-order valence-corrected chi connectivity index (χ3v) is 2.77. The van der Waals surface area contributed by atoms with Crippen LogP contribution in [0.3, 0.4) is 0 Å². The second-order valence-electron chi connectivity index (χ2n) is 4.17. The van der Waals surface area contributed by atoms with Crippen LogP contribution in [0.2, 0.25) is 0 Å². The highest BCUT2D eigenvalue weighted by molar-refractivity contribution is 5.52. The van der Waals surface area contributed by atoms with E-state index in [1.165, 1.54) is 11.3 Å². The standard InChI is InChI=1S/C13H22N2/c1-4-15(10-11(2)9-14)13-8-6-5-7-12(13)3/h5-8,11H,4,9-10,14H2,1-3H3. The molecule has 0 radical (unpaired) electrons. The van der Waals surface area contributed by atoms with Crippen molar-refractivity contribution in [2.24, 2.45) is 11.7 Å². The van der Waals surface area contributed by atoms with Crippen molar-refractivity contribution in [3.05, 3.63) is 29.8 Å². The van der Waals surface area contributed by atoms with Gasteiger partial charge in [-0.25, -0.2) is 0 Å². The lowest BCUT2D eigenvalue weighted by Crippen LogP contribution is -2.31. The Labute approximate surface area is 93.1 Å². The van der Waals surface area contributed by atoms with Gasteiger partial charge in [-0.1, -0.05) is 25.1 Å². The van der Waals surface area contributed by atoms with Crippen LogP contribution in [0, 0.1) is 12.8 Å². The molecule has 0 spiro atoms. The van der Waals surface area contributed by atoms with Crippen LogP contribution in [-0.4, -0.2) is 19.6 Å². The molecule has 2 nitrogen and oxygen atoms in total. The Morgan fingerprint density at radius 1 is 1.33 bits per heavy atom. The maximum atomic E-state index is 5.66. The number of hydrogen-bond acceptors (Lipinski definition) is 2. The quantitative estimate of drug-likeness (QED) is 0.801. The van der Waals surface area contributed by atoms with Gasteiger partial charge < -0.3 is 10.6 Å². The third kappa shape index (κ3) is 3.24. The Kier molecular flexibility index (Phi) is 4.63. The first kappa shape index (κ1) is 12.1. The summed E-state index contributed by atoms with van der Waals surface area (Å²) < 4.78 is 0. The molecule has 0 aliphatic rings. The molecular formula is C13H22N2. The van der Waals surface area contributed by atoms with E-state index in [9.17, 15) is 0 Å². The van der Waals surface area contributed by atoms with Crippen molar-refractivity contribution in [1.82, 2.24) is 0 Å². The van der Waals surface area contributed by atoms with E-state index in [0.717, 1.165) is 19.6 Å². The largest absolute Gasteiger partial charge is 0.371 e. The maximum Gasteiger partial charge on any atom is 0.0395 e. The number of para-hydroxylation sites is 1. The monoisotopic (exact) mass is 206 g/mol. The number of aryl methyl sites for hydroxylation is 1. The fourth-order valence-electron chi connectivity index (χ4n) is 1.77. The van der Waals surface area contributed by atoms with Crippen molar-refractivity contribution in [3.8, 4) is 0 Å². The lowest BCUT2D eigenvalue weighted by atomic mass is 10.1. The Morgan fingerprint density at radius 2 is 2.00 bits per heavy atom. The van der Waals surface area contributed by atoms with Gasteiger partial charge in [0.25, 0.3) is 0 Å². The lowest BCUT2D eigenvalue weighted by molar-refractivity contribution is 0.575. The molecule has 1 atom stereocenters. The predicted octanol–water partition coefficient (Wildman–Crippen LogP) is 2.42. The Hall–Kier alpha value is -1.02. The first-order valence-electron chi connectivity index (χ1n) is 5.69. The van der Waals surface area contributed by atoms with Crippen LogP contribution in [0.15, 0.2) is 24.3 Å². The molecule has 1 aromatic rings. The molecule has 0 aromatic heterocycles. The van der Waals surface area contributed by atoms with Gasteiger partial charge in [0, 0.05) is 18.8 Å². The molecule has 2 N–H and O–H groups in total. The summed E-state index contributed by atoms with van der Waals surface area (Å²) in [4.78, 5) is 2.40. The van der Waals surface area contributed by atoms with Gasteiger partial charge in [-0.15, -0.1) is 0 Å². The van der Waals surface area contributed by atoms with Crippen LogP contribution in [0.5, 0.6) is 0 Å². The summed E-state index contributed by atoms with van der Waals surface area (Å²) >= 11 is 0. The van der Waals surface area contributed by atoms with Crippen LogP contribution >= 0.6 is 0 Å². The average Bonchev–Trinajstić information content (AvgIpc) is 2.26. The van der Waals surface area contributed by atoms with E-state index in [1.807, 2.05) is 0 Å². The van der Waals surface area contributed by atoms with E-state index in [0.29, 0.717) is 5.92 Å². The molecule has 0 fully saturated rings. The number of benzene rings is 1. The van der Waals surface area contributed by atoms with Gasteiger partial charge in [0.1, 0.15) is 0 Å². The van der Waals surface area contributed by atoms with Gasteiger partial charge >= 0.3 is 0 Å². The highest BCUT2D eigenvalue weighted by atomic mass is 15.1. The van der Waals surface area contributed by atoms with Gasteiger partial charge in [-0.2, -0.15) is 0 Å². The molecule has 1 aromatic carbocycles. The number of rotatable bonds is 5. The molecule has 1 rings (SSSR count). The molecule has 15 heavy (non-hydrogen) atoms. The molecule has 0 saturated heterocycles. The summed E-state index contributed by atoms with van der Waals surface area (Å²) in [5.74, 6) is 0.546. The van der Waals surface area contributed by atoms with Gasteiger partial charge in [0.2, 0.25) is 0 Å². The minimum atomic E-state index is 0.546. The molecule has 0 bridgehead atoms. The van der Waals surface area contributed by atoms with E-state index < -0.39 is 0 Å². The average molecular weight is 206 g/mol. The Bertz CT molecular complexity index is 296. The summed E-state index contributed by atoms with van der Waals surface area (Å²) in [6.07, 6.45) is 0. The molecular weight excluding hydrogens is 184 g/mol. The SMILES string of the molecule is CCN(CC(C)CN)c1ccccc1C. The van der Waals surface area contributed by atoms with Crippen molar-refractivity contribution in [2.45, 2.75) is 20.8 Å². The smallest absolute Gasteiger partial charge is 0.0395 e. The number of nitrogens with two attached hydrogens (primary N) is 1. The predicted molar refractivity (Wildman–Crippen MR) is 67.3 cm³/mol. The van der Waals surface area contributed by atoms with Crippen molar-refractivity contribution in [3.63, 3.8) is 0 Å². The molecule has 0 aliphatic heterocycles. The first-order valence-corrected chi connectivity index (χ1v) is 5.69. The Balaban J connectivity index is 2.78. The van der Waals surface area contributed by atoms with Gasteiger partial charge in [-0.05, 0) is 37.9 Å². The zero-order valence-electron chi connectivity index (χ0n) is 10.0. The lowest BCUT2D eigenvalue weighted by Gasteiger charge is -2.27. The van der Waals surface area contributed by atoms with Crippen LogP contribution < -0.4 is 10.6 Å². The van der Waals surface area contributed by atoms with E-state index in [4.69, 9.17) is 5.73 Å². The van der Waals surface area contributed by atoms with Crippen LogP contribution in [-0.2, 0) is 0 Å². The van der Waals surface area contributed by atoms with E-state index in [2.05, 4.69) is 49.9 Å². The summed E-state index contributed by atoms with van der Waals surface area (Å²) in [7, 11) is 0. The zero-order chi connectivity index (χ0) is 11.3. The minimum Gasteiger partial charge on any atom is -0.371 e. The summed E-state index contributed by atoms with van der Waals surface area (Å²) in [6, 6.07) is 8.52. The van der Waals surface area contributed by atoms with Crippen LogP contribution in [0.25, 0.3) is 0 Å². The topological polar surface area (TPSA) is 29.3 Å². The number of anilines is 1. The number of nitrogens with zero attached hydrogens (tertiary/aromatic N) is 1. The molecule has 2 heteroatoms. The van der Waals surface area contributed by atoms with Crippen LogP contribution in [0.4, 0.5) is 5.69 Å². The van der Waals surface area contributed by atoms with Gasteiger partial charge in [-0.3, -0.25) is 0 Å². The third-order valence-electron chi connectivity index (χ3n) is 2.77. The molecule has 84 valence electrons. The van der Waals surface area contributed by atoms with Gasteiger partial charge in [0.05, 0.1) is 0 Å². The Morgan fingerprint density at radius 3 is 2.53 bits per heavy atom. The molecule has 0 aliphatic carbocycles. The van der Waals surface area contributed by atoms with E-state index in [-0.39, 0.29) is 0 Å². The normalized spacial score (nSPS) is 12.5. The molecule has 0 heterocycles. The zero-order valence-corrected chi connectivity index (χ0v) is 10.0. The van der Waals surface area contributed by atoms with E-state index in [1.54, 1.807) is 0 Å². The summed E-state index contributed by atoms with van der Waals surface area (Å²) in [6.45, 7) is 9.37. The molecule has 0 saturated carbocycles. The van der Waals surface area contributed by atoms with Gasteiger partial charge in [0.15, 0.2) is 0 Å². The second-order valence-corrected chi connectivity index (χ2v) is 4.17. The minimum absolute atomic E-state index is 0.546. The van der Waals surface area contributed by atoms with Crippen molar-refractivity contribution in [2.75, 3.05) is 24.5 Å². The van der Waals surface area contributed by atoms with Crippen LogP contribution in [0.1, 0.15) is 19.4 Å². The van der Waals surface area contributed by atoms with Crippen molar-refractivity contribution < 1.29 is 0 Å². The fraction of sp³-hybridized carbons (Fsp3) is 0.538.